The van der Waals surface area contributed by atoms with Crippen molar-refractivity contribution in [2.75, 3.05) is 0 Å². The average Bonchev–Trinajstić information content (AvgIpc) is 2.92. The molecule has 0 bridgehead atoms. The Hall–Kier alpha value is -1.61. The zero-order valence-electron chi connectivity index (χ0n) is 12.5. The second-order valence-electron chi connectivity index (χ2n) is 5.17. The van der Waals surface area contributed by atoms with E-state index in [4.69, 9.17) is 0 Å². The van der Waals surface area contributed by atoms with Crippen molar-refractivity contribution in [2.45, 2.75) is 52.2 Å². The van der Waals surface area contributed by atoms with Gasteiger partial charge in [0.05, 0.1) is 6.54 Å². The molecule has 1 atom stereocenters. The van der Waals surface area contributed by atoms with Gasteiger partial charge in [-0.1, -0.05) is 50.6 Å². The third-order valence-electron chi connectivity index (χ3n) is 3.55. The number of imidazole rings is 1. The molecule has 0 spiro atoms. The Kier molecular flexibility index (Phi) is 5.81. The maximum absolute atomic E-state index is 4.46. The topological polar surface area (TPSA) is 29.9 Å². The molecule has 1 aromatic heterocycles. The molecule has 0 aliphatic rings. The van der Waals surface area contributed by atoms with Crippen LogP contribution in [0, 0.1) is 0 Å². The molecule has 0 radical (unpaired) electrons. The molecule has 0 amide bonds. The van der Waals surface area contributed by atoms with E-state index in [1.807, 2.05) is 6.20 Å². The van der Waals surface area contributed by atoms with Gasteiger partial charge in [-0.05, 0) is 18.4 Å². The first-order chi connectivity index (χ1) is 9.85. The molecule has 1 N–H and O–H groups in total. The van der Waals surface area contributed by atoms with Crippen LogP contribution in [0.5, 0.6) is 0 Å². The lowest BCUT2D eigenvalue weighted by molar-refractivity contribution is 0.474. The molecule has 108 valence electrons. The zero-order valence-corrected chi connectivity index (χ0v) is 12.5. The SMILES string of the molecule is CCCC(NCc1nccn1CCC)c1ccccc1. The third-order valence-corrected chi connectivity index (χ3v) is 3.55. The highest BCUT2D eigenvalue weighted by atomic mass is 15.1. The number of aryl methyl sites for hydroxylation is 1. The molecule has 1 heterocycles. The van der Waals surface area contributed by atoms with Gasteiger partial charge in [0.2, 0.25) is 0 Å². The van der Waals surface area contributed by atoms with Gasteiger partial charge < -0.3 is 9.88 Å². The van der Waals surface area contributed by atoms with E-state index in [1.54, 1.807) is 0 Å². The smallest absolute Gasteiger partial charge is 0.122 e. The van der Waals surface area contributed by atoms with Crippen LogP contribution in [0.4, 0.5) is 0 Å². The van der Waals surface area contributed by atoms with Crippen molar-refractivity contribution in [2.24, 2.45) is 0 Å². The largest absolute Gasteiger partial charge is 0.334 e. The van der Waals surface area contributed by atoms with Crippen LogP contribution in [0.1, 0.15) is 50.5 Å². The standard InChI is InChI=1S/C17H25N3/c1-3-8-16(15-9-6-5-7-10-15)19-14-17-18-11-13-20(17)12-4-2/h5-7,9-11,13,16,19H,3-4,8,12,14H2,1-2H3. The average molecular weight is 271 g/mol. The van der Waals surface area contributed by atoms with E-state index >= 15 is 0 Å². The predicted molar refractivity (Wildman–Crippen MR) is 83.4 cm³/mol. The molecule has 1 unspecified atom stereocenters. The Morgan fingerprint density at radius 1 is 1.15 bits per heavy atom. The van der Waals surface area contributed by atoms with Gasteiger partial charge in [-0.2, -0.15) is 0 Å². The number of benzene rings is 1. The van der Waals surface area contributed by atoms with Gasteiger partial charge in [0.25, 0.3) is 0 Å². The highest BCUT2D eigenvalue weighted by Gasteiger charge is 2.11. The molecule has 3 heteroatoms. The van der Waals surface area contributed by atoms with E-state index in [0.29, 0.717) is 6.04 Å². The quantitative estimate of drug-likeness (QED) is 0.788. The van der Waals surface area contributed by atoms with Crippen LogP contribution in [0.2, 0.25) is 0 Å². The first-order valence-corrected chi connectivity index (χ1v) is 7.63. The number of nitrogens with one attached hydrogen (secondary N) is 1. The van der Waals surface area contributed by atoms with Crippen LogP contribution >= 0.6 is 0 Å². The fourth-order valence-corrected chi connectivity index (χ4v) is 2.53. The fraction of sp³-hybridized carbons (Fsp3) is 0.471. The van der Waals surface area contributed by atoms with Crippen molar-refractivity contribution in [1.82, 2.24) is 14.9 Å². The van der Waals surface area contributed by atoms with Crippen molar-refractivity contribution in [1.29, 1.82) is 0 Å². The van der Waals surface area contributed by atoms with Crippen molar-refractivity contribution >= 4 is 0 Å². The minimum absolute atomic E-state index is 0.410. The van der Waals surface area contributed by atoms with E-state index in [-0.39, 0.29) is 0 Å². The molecular formula is C17H25N3. The van der Waals surface area contributed by atoms with Gasteiger partial charge in [0.15, 0.2) is 0 Å². The minimum atomic E-state index is 0.410. The predicted octanol–water partition coefficient (Wildman–Crippen LogP) is 3.92. The monoisotopic (exact) mass is 271 g/mol. The summed E-state index contributed by atoms with van der Waals surface area (Å²) in [6.07, 6.45) is 7.43. The normalized spacial score (nSPS) is 12.5. The lowest BCUT2D eigenvalue weighted by Gasteiger charge is -2.19. The highest BCUT2D eigenvalue weighted by Crippen LogP contribution is 2.18. The second-order valence-corrected chi connectivity index (χ2v) is 5.17. The van der Waals surface area contributed by atoms with Gasteiger partial charge in [0.1, 0.15) is 5.82 Å². The number of aromatic nitrogens is 2. The Morgan fingerprint density at radius 2 is 1.95 bits per heavy atom. The van der Waals surface area contributed by atoms with E-state index in [1.165, 1.54) is 12.0 Å². The summed E-state index contributed by atoms with van der Waals surface area (Å²) in [5, 5.41) is 3.65. The summed E-state index contributed by atoms with van der Waals surface area (Å²) in [5.41, 5.74) is 1.36. The minimum Gasteiger partial charge on any atom is -0.334 e. The van der Waals surface area contributed by atoms with Crippen LogP contribution in [0.3, 0.4) is 0 Å². The summed E-state index contributed by atoms with van der Waals surface area (Å²) >= 11 is 0. The molecule has 0 saturated carbocycles. The molecule has 0 saturated heterocycles. The van der Waals surface area contributed by atoms with Gasteiger partial charge in [-0.25, -0.2) is 4.98 Å². The number of nitrogens with zero attached hydrogens (tertiary/aromatic N) is 2. The van der Waals surface area contributed by atoms with Crippen LogP contribution < -0.4 is 5.32 Å². The Bertz CT molecular complexity index is 490. The first kappa shape index (κ1) is 14.8. The number of hydrogen-bond donors (Lipinski definition) is 1. The molecule has 1 aromatic carbocycles. The van der Waals surface area contributed by atoms with E-state index in [0.717, 1.165) is 31.8 Å². The third kappa shape index (κ3) is 3.94. The molecular weight excluding hydrogens is 246 g/mol. The van der Waals surface area contributed by atoms with Crippen LogP contribution in [0.15, 0.2) is 42.7 Å². The van der Waals surface area contributed by atoms with Crippen molar-refractivity contribution in [3.05, 3.63) is 54.1 Å². The summed E-state index contributed by atoms with van der Waals surface area (Å²) in [6.45, 7) is 6.30. The maximum atomic E-state index is 4.46. The zero-order chi connectivity index (χ0) is 14.2. The highest BCUT2D eigenvalue weighted by molar-refractivity contribution is 5.18. The van der Waals surface area contributed by atoms with Gasteiger partial charge >= 0.3 is 0 Å². The molecule has 2 aromatic rings. The molecule has 2 rings (SSSR count). The first-order valence-electron chi connectivity index (χ1n) is 7.63. The van der Waals surface area contributed by atoms with Crippen LogP contribution in [0.25, 0.3) is 0 Å². The Morgan fingerprint density at radius 3 is 2.65 bits per heavy atom. The summed E-state index contributed by atoms with van der Waals surface area (Å²) in [7, 11) is 0. The van der Waals surface area contributed by atoms with Crippen LogP contribution in [-0.4, -0.2) is 9.55 Å². The molecule has 0 fully saturated rings. The van der Waals surface area contributed by atoms with Crippen molar-refractivity contribution < 1.29 is 0 Å². The van der Waals surface area contributed by atoms with Gasteiger partial charge in [-0.15, -0.1) is 0 Å². The lowest BCUT2D eigenvalue weighted by Crippen LogP contribution is -2.23. The molecule has 20 heavy (non-hydrogen) atoms. The van der Waals surface area contributed by atoms with E-state index in [9.17, 15) is 0 Å². The maximum Gasteiger partial charge on any atom is 0.122 e. The van der Waals surface area contributed by atoms with Crippen molar-refractivity contribution in [3.63, 3.8) is 0 Å². The lowest BCUT2D eigenvalue weighted by atomic mass is 10.0. The summed E-state index contributed by atoms with van der Waals surface area (Å²) in [6, 6.07) is 11.1. The summed E-state index contributed by atoms with van der Waals surface area (Å²) < 4.78 is 2.24. The van der Waals surface area contributed by atoms with Crippen molar-refractivity contribution in [3.8, 4) is 0 Å². The summed E-state index contributed by atoms with van der Waals surface area (Å²) in [4.78, 5) is 4.46. The summed E-state index contributed by atoms with van der Waals surface area (Å²) in [5.74, 6) is 1.13. The fourth-order valence-electron chi connectivity index (χ4n) is 2.53. The second kappa shape index (κ2) is 7.85. The van der Waals surface area contributed by atoms with Gasteiger partial charge in [-0.3, -0.25) is 0 Å². The van der Waals surface area contributed by atoms with E-state index in [2.05, 4.69) is 65.2 Å². The van der Waals surface area contributed by atoms with Gasteiger partial charge in [0, 0.05) is 25.0 Å². The van der Waals surface area contributed by atoms with Crippen LogP contribution in [-0.2, 0) is 13.1 Å². The number of rotatable bonds is 8. The molecule has 3 nitrogen and oxygen atoms in total. The Labute approximate surface area is 122 Å². The molecule has 0 aliphatic carbocycles. The number of hydrogen-bond acceptors (Lipinski definition) is 2. The Balaban J connectivity index is 2.00. The molecule has 0 aliphatic heterocycles. The van der Waals surface area contributed by atoms with E-state index < -0.39 is 0 Å².